The number of halogens is 1. The summed E-state index contributed by atoms with van der Waals surface area (Å²) in [5, 5.41) is 4.68. The maximum absolute atomic E-state index is 5.93. The Balaban J connectivity index is 1.65. The third-order valence-electron chi connectivity index (χ3n) is 5.03. The Labute approximate surface area is 197 Å². The van der Waals surface area contributed by atoms with Crippen LogP contribution in [-0.4, -0.2) is 43.8 Å². The van der Waals surface area contributed by atoms with Crippen LogP contribution in [0, 0.1) is 0 Å². The average molecular weight is 460 g/mol. The van der Waals surface area contributed by atoms with Crippen LogP contribution in [0.3, 0.4) is 0 Å². The first-order valence-electron chi connectivity index (χ1n) is 10.8. The number of benzene rings is 2. The summed E-state index contributed by atoms with van der Waals surface area (Å²) in [7, 11) is 4.09. The zero-order chi connectivity index (χ0) is 22.5. The van der Waals surface area contributed by atoms with Crippen LogP contribution in [0.25, 0.3) is 0 Å². The smallest absolute Gasteiger partial charge is 0.173 e. The molecule has 0 saturated carbocycles. The van der Waals surface area contributed by atoms with Crippen LogP contribution in [0.15, 0.2) is 61.2 Å². The Morgan fingerprint density at radius 1 is 1.03 bits per heavy atom. The van der Waals surface area contributed by atoms with Crippen molar-refractivity contribution >= 4 is 34.6 Å². The van der Waals surface area contributed by atoms with Crippen molar-refractivity contribution in [1.29, 1.82) is 0 Å². The van der Waals surface area contributed by atoms with E-state index in [4.69, 9.17) is 28.6 Å². The van der Waals surface area contributed by atoms with E-state index >= 15 is 0 Å². The van der Waals surface area contributed by atoms with E-state index in [9.17, 15) is 0 Å². The molecule has 0 aromatic heterocycles. The SMILES string of the molecule is C=CCN(C)CCCCCCOc1ccc(N(C)C(=S)NCc2ccc(Cl)cc2)cc1. The van der Waals surface area contributed by atoms with Crippen molar-refractivity contribution in [3.05, 3.63) is 71.8 Å². The third kappa shape index (κ3) is 9.72. The fourth-order valence-electron chi connectivity index (χ4n) is 3.12. The van der Waals surface area contributed by atoms with Crippen molar-refractivity contribution in [2.24, 2.45) is 0 Å². The fourth-order valence-corrected chi connectivity index (χ4v) is 3.42. The van der Waals surface area contributed by atoms with Crippen LogP contribution in [0.5, 0.6) is 5.75 Å². The Hall–Kier alpha value is -2.08. The van der Waals surface area contributed by atoms with Crippen LogP contribution >= 0.6 is 23.8 Å². The molecule has 0 amide bonds. The Bertz CT molecular complexity index is 795. The van der Waals surface area contributed by atoms with Gasteiger partial charge in [0.15, 0.2) is 5.11 Å². The van der Waals surface area contributed by atoms with Gasteiger partial charge in [0.2, 0.25) is 0 Å². The zero-order valence-electron chi connectivity index (χ0n) is 18.6. The molecule has 4 nitrogen and oxygen atoms in total. The van der Waals surface area contributed by atoms with Crippen molar-refractivity contribution in [2.45, 2.75) is 32.2 Å². The molecule has 6 heteroatoms. The van der Waals surface area contributed by atoms with Crippen molar-refractivity contribution in [2.75, 3.05) is 38.7 Å². The van der Waals surface area contributed by atoms with Crippen molar-refractivity contribution < 1.29 is 4.74 Å². The molecule has 0 spiro atoms. The summed E-state index contributed by atoms with van der Waals surface area (Å²) in [6.07, 6.45) is 6.66. The quantitative estimate of drug-likeness (QED) is 0.228. The molecule has 2 aromatic carbocycles. The van der Waals surface area contributed by atoms with Crippen LogP contribution in [0.1, 0.15) is 31.2 Å². The van der Waals surface area contributed by atoms with E-state index in [1.807, 2.05) is 66.6 Å². The van der Waals surface area contributed by atoms with Gasteiger partial charge in [0.05, 0.1) is 6.61 Å². The van der Waals surface area contributed by atoms with E-state index in [0.717, 1.165) is 48.1 Å². The minimum atomic E-state index is 0.659. The Kier molecular flexibility index (Phi) is 11.4. The van der Waals surface area contributed by atoms with Gasteiger partial charge in [-0.15, -0.1) is 6.58 Å². The summed E-state index contributed by atoms with van der Waals surface area (Å²) >= 11 is 11.4. The van der Waals surface area contributed by atoms with Gasteiger partial charge in [-0.25, -0.2) is 0 Å². The van der Waals surface area contributed by atoms with Crippen molar-refractivity contribution in [1.82, 2.24) is 10.2 Å². The highest BCUT2D eigenvalue weighted by Crippen LogP contribution is 2.19. The molecule has 2 aromatic rings. The van der Waals surface area contributed by atoms with E-state index in [1.54, 1.807) is 0 Å². The maximum Gasteiger partial charge on any atom is 0.173 e. The summed E-state index contributed by atoms with van der Waals surface area (Å²) in [5.41, 5.74) is 2.15. The average Bonchev–Trinajstić information content (AvgIpc) is 2.78. The van der Waals surface area contributed by atoms with Crippen LogP contribution < -0.4 is 15.0 Å². The predicted molar refractivity (Wildman–Crippen MR) is 137 cm³/mol. The van der Waals surface area contributed by atoms with E-state index in [2.05, 4.69) is 23.8 Å². The lowest BCUT2D eigenvalue weighted by Crippen LogP contribution is -2.36. The molecule has 0 aliphatic carbocycles. The lowest BCUT2D eigenvalue weighted by Gasteiger charge is -2.21. The van der Waals surface area contributed by atoms with E-state index in [0.29, 0.717) is 11.7 Å². The minimum Gasteiger partial charge on any atom is -0.494 e. The van der Waals surface area contributed by atoms with Crippen LogP contribution in [0.4, 0.5) is 5.69 Å². The van der Waals surface area contributed by atoms with Crippen molar-refractivity contribution in [3.8, 4) is 5.75 Å². The number of likely N-dealkylation sites (N-methyl/N-ethyl adjacent to an activating group) is 1. The number of unbranched alkanes of at least 4 members (excludes halogenated alkanes) is 3. The van der Waals surface area contributed by atoms with E-state index < -0.39 is 0 Å². The number of hydrogen-bond donors (Lipinski definition) is 1. The van der Waals surface area contributed by atoms with E-state index in [1.165, 1.54) is 19.3 Å². The lowest BCUT2D eigenvalue weighted by molar-refractivity contribution is 0.300. The molecule has 0 aliphatic rings. The van der Waals surface area contributed by atoms with Gasteiger partial charge in [-0.2, -0.15) is 0 Å². The van der Waals surface area contributed by atoms with E-state index in [-0.39, 0.29) is 0 Å². The van der Waals surface area contributed by atoms with Gasteiger partial charge >= 0.3 is 0 Å². The first kappa shape index (κ1) is 25.2. The van der Waals surface area contributed by atoms with Crippen molar-refractivity contribution in [3.63, 3.8) is 0 Å². The predicted octanol–water partition coefficient (Wildman–Crippen LogP) is 5.91. The second-order valence-corrected chi connectivity index (χ2v) is 8.47. The summed E-state index contributed by atoms with van der Waals surface area (Å²) in [5.74, 6) is 0.892. The molecule has 2 rings (SSSR count). The second kappa shape index (κ2) is 14.1. The summed E-state index contributed by atoms with van der Waals surface area (Å²) in [6.45, 7) is 7.26. The molecule has 0 bridgehead atoms. The molecule has 168 valence electrons. The van der Waals surface area contributed by atoms with Crippen LogP contribution in [0.2, 0.25) is 5.02 Å². The first-order chi connectivity index (χ1) is 15.0. The van der Waals surface area contributed by atoms with Crippen LogP contribution in [-0.2, 0) is 6.54 Å². The molecular formula is C25H34ClN3OS. The summed E-state index contributed by atoms with van der Waals surface area (Å²) in [4.78, 5) is 4.25. The Morgan fingerprint density at radius 3 is 2.39 bits per heavy atom. The number of hydrogen-bond acceptors (Lipinski definition) is 3. The summed E-state index contributed by atoms with van der Waals surface area (Å²) in [6, 6.07) is 15.8. The highest BCUT2D eigenvalue weighted by atomic mass is 35.5. The molecule has 1 N–H and O–H groups in total. The topological polar surface area (TPSA) is 27.7 Å². The number of anilines is 1. The second-order valence-electron chi connectivity index (χ2n) is 7.65. The monoisotopic (exact) mass is 459 g/mol. The zero-order valence-corrected chi connectivity index (χ0v) is 20.2. The van der Waals surface area contributed by atoms with Gasteiger partial charge in [0.25, 0.3) is 0 Å². The van der Waals surface area contributed by atoms with Gasteiger partial charge in [-0.3, -0.25) is 0 Å². The molecule has 0 aliphatic heterocycles. The molecule has 0 unspecified atom stereocenters. The van der Waals surface area contributed by atoms with Gasteiger partial charge in [-0.05, 0) is 80.6 Å². The summed E-state index contributed by atoms with van der Waals surface area (Å²) < 4.78 is 5.88. The minimum absolute atomic E-state index is 0.659. The Morgan fingerprint density at radius 2 is 1.71 bits per heavy atom. The molecule has 0 fully saturated rings. The van der Waals surface area contributed by atoms with Gasteiger partial charge in [0, 0.05) is 30.8 Å². The lowest BCUT2D eigenvalue weighted by atomic mass is 10.2. The molecule has 0 heterocycles. The standard InChI is InChI=1S/C25H34ClN3OS/c1-4-17-28(2)18-7-5-6-8-19-30-24-15-13-23(14-16-24)29(3)25(31)27-20-21-9-11-22(26)12-10-21/h4,9-16H,1,5-8,17-20H2,2-3H3,(H,27,31). The van der Waals surface area contributed by atoms with Gasteiger partial charge in [0.1, 0.15) is 5.75 Å². The molecule has 0 saturated heterocycles. The normalized spacial score (nSPS) is 10.7. The highest BCUT2D eigenvalue weighted by Gasteiger charge is 2.07. The number of thiocarbonyl (C=S) groups is 1. The first-order valence-corrected chi connectivity index (χ1v) is 11.6. The largest absolute Gasteiger partial charge is 0.494 e. The highest BCUT2D eigenvalue weighted by molar-refractivity contribution is 7.80. The van der Waals surface area contributed by atoms with Gasteiger partial charge in [-0.1, -0.05) is 42.7 Å². The third-order valence-corrected chi connectivity index (χ3v) is 5.70. The maximum atomic E-state index is 5.93. The molecule has 31 heavy (non-hydrogen) atoms. The molecule has 0 atom stereocenters. The molecular weight excluding hydrogens is 426 g/mol. The van der Waals surface area contributed by atoms with Gasteiger partial charge < -0.3 is 19.9 Å². The number of nitrogens with zero attached hydrogens (tertiary/aromatic N) is 2. The molecule has 0 radical (unpaired) electrons. The number of ether oxygens (including phenoxy) is 1. The fraction of sp³-hybridized carbons (Fsp3) is 0.400. The number of rotatable bonds is 13. The number of nitrogens with one attached hydrogen (secondary N) is 1.